The van der Waals surface area contributed by atoms with E-state index in [0.29, 0.717) is 32.5 Å². The molecule has 3 aliphatic heterocycles. The summed E-state index contributed by atoms with van der Waals surface area (Å²) in [5, 5.41) is 2.31. The fraction of sp³-hybridized carbons (Fsp3) is 0.812. The van der Waals surface area contributed by atoms with E-state index in [2.05, 4.69) is 51.8 Å². The highest BCUT2D eigenvalue weighted by atomic mass is 16.8. The van der Waals surface area contributed by atoms with Crippen molar-refractivity contribution >= 4 is 0 Å². The fourth-order valence-electron chi connectivity index (χ4n) is 6.87. The van der Waals surface area contributed by atoms with Gasteiger partial charge in [0.15, 0.2) is 5.79 Å². The number of epoxide rings is 1. The molecule has 39 heavy (non-hydrogen) atoms. The molecule has 1 aliphatic carbocycles. The first-order valence-corrected chi connectivity index (χ1v) is 15.5. The molecular formula is C32H51NO6. The zero-order chi connectivity index (χ0) is 27.5. The molecule has 7 heteroatoms. The minimum Gasteiger partial charge on any atom is -0.491 e. The molecule has 0 amide bonds. The molecule has 1 saturated carbocycles. The monoisotopic (exact) mass is 545 g/mol. The molecule has 1 aromatic carbocycles. The molecule has 4 aliphatic rings. The maximum atomic E-state index is 6.81. The summed E-state index contributed by atoms with van der Waals surface area (Å²) in [6.45, 7) is 14.7. The van der Waals surface area contributed by atoms with Crippen LogP contribution in [-0.4, -0.2) is 73.3 Å². The molecule has 0 bridgehead atoms. The van der Waals surface area contributed by atoms with Crippen LogP contribution >= 0.6 is 0 Å². The van der Waals surface area contributed by atoms with Gasteiger partial charge >= 0.3 is 0 Å². The van der Waals surface area contributed by atoms with Gasteiger partial charge in [-0.05, 0) is 63.6 Å². The first kappa shape index (κ1) is 29.3. The van der Waals surface area contributed by atoms with Crippen molar-refractivity contribution in [3.05, 3.63) is 29.8 Å². The third-order valence-electron chi connectivity index (χ3n) is 9.97. The van der Waals surface area contributed by atoms with Gasteiger partial charge in [0, 0.05) is 17.9 Å². The van der Waals surface area contributed by atoms with E-state index < -0.39 is 5.79 Å². The highest BCUT2D eigenvalue weighted by Gasteiger charge is 2.64. The van der Waals surface area contributed by atoms with Crippen molar-refractivity contribution in [3.63, 3.8) is 0 Å². The van der Waals surface area contributed by atoms with Crippen LogP contribution in [0, 0.1) is 5.92 Å². The van der Waals surface area contributed by atoms with Gasteiger partial charge in [-0.15, -0.1) is 0 Å². The van der Waals surface area contributed by atoms with Crippen molar-refractivity contribution in [2.45, 2.75) is 128 Å². The Kier molecular flexibility index (Phi) is 9.26. The highest BCUT2D eigenvalue weighted by Crippen LogP contribution is 2.54. The minimum atomic E-state index is -0.614. The Labute approximate surface area is 235 Å². The van der Waals surface area contributed by atoms with Gasteiger partial charge in [0.05, 0.1) is 38.1 Å². The molecule has 0 N–H and O–H groups in total. The van der Waals surface area contributed by atoms with Gasteiger partial charge in [-0.1, -0.05) is 52.2 Å². The summed E-state index contributed by atoms with van der Waals surface area (Å²) in [7, 11) is 0. The largest absolute Gasteiger partial charge is 0.491 e. The Morgan fingerprint density at radius 2 is 1.69 bits per heavy atom. The lowest BCUT2D eigenvalue weighted by atomic mass is 9.67. The maximum Gasteiger partial charge on any atom is 0.175 e. The summed E-state index contributed by atoms with van der Waals surface area (Å²) in [6, 6.07) is 8.35. The van der Waals surface area contributed by atoms with Crippen LogP contribution in [0.25, 0.3) is 0 Å². The number of benzene rings is 1. The van der Waals surface area contributed by atoms with E-state index in [9.17, 15) is 0 Å². The van der Waals surface area contributed by atoms with E-state index in [1.54, 1.807) is 0 Å². The van der Waals surface area contributed by atoms with Crippen molar-refractivity contribution in [3.8, 4) is 5.75 Å². The van der Waals surface area contributed by atoms with E-state index in [0.717, 1.165) is 38.0 Å². The standard InChI is InChI=1S/C32H51NO6/c1-6-30(4)23-32(37-22-29(39-32)21-35-26-11-9-8-10-12-26)24(3)31(5,7-2)33(30)38-18-17-25-13-15-27(16-14-25)34-19-28-20-36-28/h13-16,24,26,28-29H,6-12,17-23H2,1-5H3. The third kappa shape index (κ3) is 6.49. The first-order chi connectivity index (χ1) is 18.8. The van der Waals surface area contributed by atoms with Gasteiger partial charge in [0.1, 0.15) is 24.6 Å². The van der Waals surface area contributed by atoms with Gasteiger partial charge in [-0.25, -0.2) is 0 Å². The molecule has 6 atom stereocenters. The predicted molar refractivity (Wildman–Crippen MR) is 151 cm³/mol. The molecule has 7 nitrogen and oxygen atoms in total. The summed E-state index contributed by atoms with van der Waals surface area (Å²) < 4.78 is 30.7. The predicted octanol–water partition coefficient (Wildman–Crippen LogP) is 6.08. The highest BCUT2D eigenvalue weighted by molar-refractivity contribution is 5.27. The van der Waals surface area contributed by atoms with Crippen molar-refractivity contribution in [2.24, 2.45) is 5.92 Å². The Balaban J connectivity index is 1.20. The third-order valence-corrected chi connectivity index (χ3v) is 9.97. The molecular weight excluding hydrogens is 494 g/mol. The van der Waals surface area contributed by atoms with Crippen molar-refractivity contribution < 1.29 is 28.5 Å². The lowest BCUT2D eigenvalue weighted by molar-refractivity contribution is -0.368. The number of nitrogens with zero attached hydrogens (tertiary/aromatic N) is 1. The number of hydrogen-bond acceptors (Lipinski definition) is 7. The summed E-state index contributed by atoms with van der Waals surface area (Å²) >= 11 is 0. The molecule has 0 radical (unpaired) electrons. The van der Waals surface area contributed by atoms with Crippen molar-refractivity contribution in [1.82, 2.24) is 5.06 Å². The quantitative estimate of drug-likeness (QED) is 0.295. The van der Waals surface area contributed by atoms with Crippen LogP contribution < -0.4 is 4.74 Å². The summed E-state index contributed by atoms with van der Waals surface area (Å²) in [4.78, 5) is 6.69. The lowest BCUT2D eigenvalue weighted by Gasteiger charge is -2.61. The second-order valence-electron chi connectivity index (χ2n) is 12.7. The second-order valence-corrected chi connectivity index (χ2v) is 12.7. The molecule has 4 fully saturated rings. The van der Waals surface area contributed by atoms with Crippen LogP contribution in [-0.2, 0) is 30.2 Å². The molecule has 220 valence electrons. The number of rotatable bonds is 12. The Hall–Kier alpha value is -1.22. The van der Waals surface area contributed by atoms with Gasteiger partial charge in [-0.3, -0.25) is 4.84 Å². The van der Waals surface area contributed by atoms with Gasteiger partial charge in [0.2, 0.25) is 0 Å². The van der Waals surface area contributed by atoms with E-state index in [4.69, 9.17) is 28.5 Å². The van der Waals surface area contributed by atoms with Gasteiger partial charge < -0.3 is 23.7 Å². The molecule has 6 unspecified atom stereocenters. The zero-order valence-corrected chi connectivity index (χ0v) is 24.9. The smallest absolute Gasteiger partial charge is 0.175 e. The van der Waals surface area contributed by atoms with E-state index >= 15 is 0 Å². The van der Waals surface area contributed by atoms with Crippen molar-refractivity contribution in [2.75, 3.05) is 33.0 Å². The van der Waals surface area contributed by atoms with Gasteiger partial charge in [0.25, 0.3) is 0 Å². The SMILES string of the molecule is CCC1(C)CC2(OCC(COC3CCCCC3)O2)C(C)C(C)(CC)N1OCCc1ccc(OCC2CO2)cc1. The maximum absolute atomic E-state index is 6.81. The van der Waals surface area contributed by atoms with Crippen LogP contribution in [0.1, 0.15) is 91.5 Å². The molecule has 0 aromatic heterocycles. The Bertz CT molecular complexity index is 918. The van der Waals surface area contributed by atoms with E-state index in [-0.39, 0.29) is 29.2 Å². The van der Waals surface area contributed by atoms with Crippen LogP contribution in [0.2, 0.25) is 0 Å². The topological polar surface area (TPSA) is 61.9 Å². The average Bonchev–Trinajstić information content (AvgIpc) is 3.71. The first-order valence-electron chi connectivity index (χ1n) is 15.5. The van der Waals surface area contributed by atoms with E-state index in [1.165, 1.54) is 37.7 Å². The molecule has 3 saturated heterocycles. The molecule has 3 heterocycles. The van der Waals surface area contributed by atoms with Crippen LogP contribution in [0.15, 0.2) is 24.3 Å². The lowest BCUT2D eigenvalue weighted by Crippen LogP contribution is -2.71. The Morgan fingerprint density at radius 3 is 2.36 bits per heavy atom. The molecule has 5 rings (SSSR count). The Morgan fingerprint density at radius 1 is 0.949 bits per heavy atom. The normalized spacial score (nSPS) is 37.4. The fourth-order valence-corrected chi connectivity index (χ4v) is 6.87. The van der Waals surface area contributed by atoms with Crippen LogP contribution in [0.4, 0.5) is 0 Å². The van der Waals surface area contributed by atoms with Crippen LogP contribution in [0.5, 0.6) is 5.75 Å². The number of hydrogen-bond donors (Lipinski definition) is 0. The number of piperidine rings is 1. The van der Waals surface area contributed by atoms with Crippen LogP contribution in [0.3, 0.4) is 0 Å². The number of hydroxylamine groups is 2. The van der Waals surface area contributed by atoms with E-state index in [1.807, 2.05) is 12.1 Å². The summed E-state index contributed by atoms with van der Waals surface area (Å²) in [5.41, 5.74) is 0.801. The average molecular weight is 546 g/mol. The summed E-state index contributed by atoms with van der Waals surface area (Å²) in [6.07, 6.45) is 10.4. The zero-order valence-electron chi connectivity index (χ0n) is 24.9. The van der Waals surface area contributed by atoms with Crippen molar-refractivity contribution in [1.29, 1.82) is 0 Å². The summed E-state index contributed by atoms with van der Waals surface area (Å²) in [5.74, 6) is 0.416. The number of ether oxygens (including phenoxy) is 5. The minimum absolute atomic E-state index is 0.00666. The molecule has 1 aromatic rings. The molecule has 1 spiro atoms. The second kappa shape index (κ2) is 12.3. The van der Waals surface area contributed by atoms with Gasteiger partial charge in [-0.2, -0.15) is 5.06 Å².